The molecule has 0 saturated heterocycles. The van der Waals surface area contributed by atoms with Crippen LogP contribution in [0, 0.1) is 0 Å². The average molecular weight is 263 g/mol. The van der Waals surface area contributed by atoms with E-state index in [1.54, 1.807) is 0 Å². The van der Waals surface area contributed by atoms with Crippen molar-refractivity contribution < 1.29 is 0 Å². The van der Waals surface area contributed by atoms with Gasteiger partial charge < -0.3 is 0 Å². The van der Waals surface area contributed by atoms with Gasteiger partial charge in [0.25, 0.3) is 0 Å². The van der Waals surface area contributed by atoms with Crippen LogP contribution in [-0.2, 0) is 6.42 Å². The third kappa shape index (κ3) is 4.09. The largest absolute Gasteiger partial charge is 0.241 e. The number of benzene rings is 1. The highest BCUT2D eigenvalue weighted by atomic mass is 32.1. The number of fused-ring (bicyclic) bond motifs is 1. The van der Waals surface area contributed by atoms with Crippen LogP contribution in [0.15, 0.2) is 18.2 Å². The fraction of sp³-hybridized carbons (Fsp3) is 0.562. The molecule has 1 nitrogen and oxygen atoms in total. The van der Waals surface area contributed by atoms with Crippen LogP contribution in [-0.4, -0.2) is 4.98 Å². The lowest BCUT2D eigenvalue weighted by atomic mass is 10.0. The molecule has 0 spiro atoms. The molecule has 0 atom stereocenters. The summed E-state index contributed by atoms with van der Waals surface area (Å²) < 4.78 is 1.34. The number of aryl methyl sites for hydroxylation is 1. The molecule has 18 heavy (non-hydrogen) atoms. The molecule has 2 aromatic rings. The number of nitrogens with zero attached hydrogens (tertiary/aromatic N) is 1. The lowest BCUT2D eigenvalue weighted by Crippen LogP contribution is -1.85. The van der Waals surface area contributed by atoms with Crippen molar-refractivity contribution in [2.75, 3.05) is 0 Å². The number of rotatable bonds is 3. The molecule has 0 unspecified atom stereocenters. The van der Waals surface area contributed by atoms with Gasteiger partial charge in [-0.25, -0.2) is 4.98 Å². The highest BCUT2D eigenvalue weighted by Crippen LogP contribution is 2.26. The van der Waals surface area contributed by atoms with Crippen molar-refractivity contribution in [1.29, 1.82) is 0 Å². The molecule has 0 aliphatic heterocycles. The predicted molar refractivity (Wildman–Crippen MR) is 83.7 cm³/mol. The van der Waals surface area contributed by atoms with E-state index in [0.717, 1.165) is 11.9 Å². The second-order valence-electron chi connectivity index (χ2n) is 4.95. The van der Waals surface area contributed by atoms with Gasteiger partial charge in [-0.3, -0.25) is 0 Å². The van der Waals surface area contributed by atoms with Gasteiger partial charge in [-0.2, -0.15) is 0 Å². The van der Waals surface area contributed by atoms with Gasteiger partial charge in [-0.05, 0) is 36.5 Å². The maximum Gasteiger partial charge on any atom is 0.0938 e. The molecule has 0 radical (unpaired) electrons. The summed E-state index contributed by atoms with van der Waals surface area (Å²) in [6, 6.07) is 6.64. The first kappa shape index (κ1) is 15.2. The SMILES string of the molecule is CCC.CCCc1nc2ccc(C(C)C)cc2s1. The van der Waals surface area contributed by atoms with E-state index in [0.29, 0.717) is 5.92 Å². The van der Waals surface area contributed by atoms with Gasteiger partial charge in [0.05, 0.1) is 15.2 Å². The Balaban J connectivity index is 0.000000492. The fourth-order valence-electron chi connectivity index (χ4n) is 1.67. The highest BCUT2D eigenvalue weighted by molar-refractivity contribution is 7.18. The summed E-state index contributed by atoms with van der Waals surface area (Å²) in [4.78, 5) is 4.62. The maximum atomic E-state index is 4.62. The molecule has 0 saturated carbocycles. The van der Waals surface area contributed by atoms with Gasteiger partial charge in [0.1, 0.15) is 0 Å². The first-order chi connectivity index (χ1) is 8.62. The van der Waals surface area contributed by atoms with E-state index in [4.69, 9.17) is 0 Å². The molecule has 2 rings (SSSR count). The molecule has 1 heterocycles. The van der Waals surface area contributed by atoms with Crippen LogP contribution in [0.3, 0.4) is 0 Å². The molecule has 0 aliphatic rings. The minimum atomic E-state index is 0.603. The molecule has 100 valence electrons. The van der Waals surface area contributed by atoms with Gasteiger partial charge in [0.2, 0.25) is 0 Å². The first-order valence-corrected chi connectivity index (χ1v) is 7.83. The molecule has 0 N–H and O–H groups in total. The molecule has 0 amide bonds. The molecule has 2 heteroatoms. The van der Waals surface area contributed by atoms with E-state index in [1.807, 2.05) is 11.3 Å². The van der Waals surface area contributed by atoms with Crippen molar-refractivity contribution in [1.82, 2.24) is 4.98 Å². The van der Waals surface area contributed by atoms with Crippen LogP contribution < -0.4 is 0 Å². The number of hydrogen-bond acceptors (Lipinski definition) is 2. The molecule has 0 aliphatic carbocycles. The van der Waals surface area contributed by atoms with Crippen LogP contribution in [0.2, 0.25) is 0 Å². The van der Waals surface area contributed by atoms with Crippen molar-refractivity contribution in [2.45, 2.75) is 59.8 Å². The van der Waals surface area contributed by atoms with E-state index in [2.05, 4.69) is 57.8 Å². The monoisotopic (exact) mass is 263 g/mol. The number of aromatic nitrogens is 1. The minimum Gasteiger partial charge on any atom is -0.241 e. The fourth-order valence-corrected chi connectivity index (χ4v) is 2.79. The van der Waals surface area contributed by atoms with Gasteiger partial charge >= 0.3 is 0 Å². The van der Waals surface area contributed by atoms with Crippen molar-refractivity contribution in [3.63, 3.8) is 0 Å². The average Bonchev–Trinajstić information content (AvgIpc) is 2.71. The Hall–Kier alpha value is -0.890. The summed E-state index contributed by atoms with van der Waals surface area (Å²) in [6.45, 7) is 10.9. The van der Waals surface area contributed by atoms with E-state index in [9.17, 15) is 0 Å². The maximum absolute atomic E-state index is 4.62. The normalized spacial score (nSPS) is 10.6. The van der Waals surface area contributed by atoms with Crippen molar-refractivity contribution in [3.8, 4) is 0 Å². The number of hydrogen-bond donors (Lipinski definition) is 0. The Bertz CT molecular complexity index is 471. The molecular formula is C16H25NS. The van der Waals surface area contributed by atoms with Crippen LogP contribution in [0.25, 0.3) is 10.2 Å². The second kappa shape index (κ2) is 7.52. The lowest BCUT2D eigenvalue weighted by molar-refractivity contribution is 0.869. The van der Waals surface area contributed by atoms with Crippen molar-refractivity contribution >= 4 is 21.6 Å². The number of thiazole rings is 1. The van der Waals surface area contributed by atoms with Gasteiger partial charge in [-0.1, -0.05) is 47.1 Å². The predicted octanol–water partition coefficient (Wildman–Crippen LogP) is 5.79. The zero-order chi connectivity index (χ0) is 13.5. The third-order valence-electron chi connectivity index (χ3n) is 2.59. The quantitative estimate of drug-likeness (QED) is 0.683. The summed E-state index contributed by atoms with van der Waals surface area (Å²) >= 11 is 1.84. The lowest BCUT2D eigenvalue weighted by Gasteiger charge is -2.03. The summed E-state index contributed by atoms with van der Waals surface area (Å²) in [5.41, 5.74) is 2.57. The van der Waals surface area contributed by atoms with E-state index >= 15 is 0 Å². The summed E-state index contributed by atoms with van der Waals surface area (Å²) in [5.74, 6) is 0.603. The highest BCUT2D eigenvalue weighted by Gasteiger charge is 2.05. The van der Waals surface area contributed by atoms with E-state index in [1.165, 1.54) is 28.1 Å². The van der Waals surface area contributed by atoms with Gasteiger partial charge in [-0.15, -0.1) is 11.3 Å². The summed E-state index contributed by atoms with van der Waals surface area (Å²) in [7, 11) is 0. The van der Waals surface area contributed by atoms with Crippen LogP contribution in [0.4, 0.5) is 0 Å². The van der Waals surface area contributed by atoms with Crippen LogP contribution >= 0.6 is 11.3 Å². The van der Waals surface area contributed by atoms with Crippen molar-refractivity contribution in [3.05, 3.63) is 28.8 Å². The Morgan fingerprint density at radius 1 is 1.17 bits per heavy atom. The Labute approximate surface area is 115 Å². The van der Waals surface area contributed by atoms with Gasteiger partial charge in [0.15, 0.2) is 0 Å². The minimum absolute atomic E-state index is 0.603. The summed E-state index contributed by atoms with van der Waals surface area (Å²) in [6.07, 6.45) is 3.53. The molecular weight excluding hydrogens is 238 g/mol. The topological polar surface area (TPSA) is 12.9 Å². The molecule has 0 fully saturated rings. The zero-order valence-electron chi connectivity index (χ0n) is 12.3. The van der Waals surface area contributed by atoms with E-state index < -0.39 is 0 Å². The standard InChI is InChI=1S/C13H17NS.C3H8/c1-4-5-13-14-11-7-6-10(9(2)3)8-12(11)15-13;1-3-2/h6-9H,4-5H2,1-3H3;3H2,1-2H3. The van der Waals surface area contributed by atoms with Crippen LogP contribution in [0.5, 0.6) is 0 Å². The molecule has 0 bridgehead atoms. The Morgan fingerprint density at radius 2 is 1.83 bits per heavy atom. The Kier molecular flexibility index (Phi) is 6.34. The van der Waals surface area contributed by atoms with Crippen molar-refractivity contribution in [2.24, 2.45) is 0 Å². The Morgan fingerprint density at radius 3 is 2.39 bits per heavy atom. The van der Waals surface area contributed by atoms with Gasteiger partial charge in [0, 0.05) is 0 Å². The van der Waals surface area contributed by atoms with E-state index in [-0.39, 0.29) is 0 Å². The first-order valence-electron chi connectivity index (χ1n) is 7.01. The third-order valence-corrected chi connectivity index (χ3v) is 3.67. The molecule has 1 aromatic carbocycles. The smallest absolute Gasteiger partial charge is 0.0938 e. The molecule has 1 aromatic heterocycles. The summed E-state index contributed by atoms with van der Waals surface area (Å²) in [5, 5.41) is 1.27. The zero-order valence-corrected chi connectivity index (χ0v) is 13.1. The van der Waals surface area contributed by atoms with Crippen LogP contribution in [0.1, 0.15) is 63.9 Å². The second-order valence-corrected chi connectivity index (χ2v) is 6.06.